The number of carbonyl (C=O) groups excluding carboxylic acids is 2. The predicted octanol–water partition coefficient (Wildman–Crippen LogP) is 3.60. The molecule has 1 unspecified atom stereocenters. The van der Waals surface area contributed by atoms with Crippen molar-refractivity contribution in [2.45, 2.75) is 19.4 Å². The summed E-state index contributed by atoms with van der Waals surface area (Å²) in [7, 11) is 3.09. The number of hydrogen-bond donors (Lipinski definition) is 4. The summed E-state index contributed by atoms with van der Waals surface area (Å²) in [6, 6.07) is 19.4. The molecule has 176 valence electrons. The lowest BCUT2D eigenvalue weighted by Gasteiger charge is -2.16. The number of anilines is 1. The van der Waals surface area contributed by atoms with Crippen molar-refractivity contribution in [3.05, 3.63) is 89.0 Å². The van der Waals surface area contributed by atoms with Crippen LogP contribution >= 0.6 is 0 Å². The maximum absolute atomic E-state index is 12.7. The fourth-order valence-electron chi connectivity index (χ4n) is 3.54. The van der Waals surface area contributed by atoms with Crippen molar-refractivity contribution >= 4 is 23.3 Å². The first-order chi connectivity index (χ1) is 16.3. The summed E-state index contributed by atoms with van der Waals surface area (Å²) >= 11 is 0. The van der Waals surface area contributed by atoms with Crippen LogP contribution in [0.2, 0.25) is 0 Å². The molecule has 0 aliphatic carbocycles. The minimum atomic E-state index is -0.872. The quantitative estimate of drug-likeness (QED) is 0.287. The van der Waals surface area contributed by atoms with Gasteiger partial charge >= 0.3 is 0 Å². The van der Waals surface area contributed by atoms with Crippen LogP contribution in [0.25, 0.3) is 0 Å². The Labute approximate surface area is 198 Å². The third kappa shape index (κ3) is 5.72. The minimum Gasteiger partial charge on any atom is -0.496 e. The summed E-state index contributed by atoms with van der Waals surface area (Å²) < 4.78 is 10.7. The lowest BCUT2D eigenvalue weighted by atomic mass is 9.97. The maximum atomic E-state index is 12.7. The fraction of sp³-hybridized carbons (Fsp3) is 0.192. The highest BCUT2D eigenvalue weighted by atomic mass is 16.5. The van der Waals surface area contributed by atoms with Crippen LogP contribution in [0.5, 0.6) is 11.5 Å². The van der Waals surface area contributed by atoms with E-state index in [-0.39, 0.29) is 17.6 Å². The SMILES string of the molecule is COc1cc(C(=O)NCc2ccc(NC(=O)C(C(=N)N)c3ccccc3)cc2)cc(OC)c1C. The van der Waals surface area contributed by atoms with Crippen LogP contribution in [0, 0.1) is 12.3 Å². The Morgan fingerprint density at radius 3 is 2.09 bits per heavy atom. The molecule has 3 aromatic carbocycles. The zero-order valence-corrected chi connectivity index (χ0v) is 19.3. The minimum absolute atomic E-state index is 0.229. The summed E-state index contributed by atoms with van der Waals surface area (Å²) in [5, 5.41) is 13.5. The highest BCUT2D eigenvalue weighted by molar-refractivity contribution is 6.11. The molecule has 0 radical (unpaired) electrons. The van der Waals surface area contributed by atoms with Gasteiger partial charge in [0.2, 0.25) is 5.91 Å². The largest absolute Gasteiger partial charge is 0.496 e. The number of nitrogens with two attached hydrogens (primary N) is 1. The second-order valence-electron chi connectivity index (χ2n) is 7.67. The summed E-state index contributed by atoms with van der Waals surface area (Å²) in [5.74, 6) is -0.605. The molecule has 0 aromatic heterocycles. The Bertz CT molecular complexity index is 1150. The highest BCUT2D eigenvalue weighted by Crippen LogP contribution is 2.29. The third-order valence-corrected chi connectivity index (χ3v) is 5.40. The smallest absolute Gasteiger partial charge is 0.251 e. The second kappa shape index (κ2) is 11.0. The number of hydrogen-bond acceptors (Lipinski definition) is 5. The predicted molar refractivity (Wildman–Crippen MR) is 132 cm³/mol. The van der Waals surface area contributed by atoms with E-state index in [9.17, 15) is 9.59 Å². The van der Waals surface area contributed by atoms with Crippen molar-refractivity contribution in [3.63, 3.8) is 0 Å². The zero-order valence-electron chi connectivity index (χ0n) is 19.3. The maximum Gasteiger partial charge on any atom is 0.251 e. The number of carbonyl (C=O) groups is 2. The third-order valence-electron chi connectivity index (χ3n) is 5.40. The van der Waals surface area contributed by atoms with Crippen molar-refractivity contribution in [1.82, 2.24) is 5.32 Å². The molecule has 2 amide bonds. The number of nitrogens with one attached hydrogen (secondary N) is 3. The molecule has 0 aliphatic heterocycles. The van der Waals surface area contributed by atoms with E-state index >= 15 is 0 Å². The molecular formula is C26H28N4O4. The molecule has 0 aliphatic rings. The first kappa shape index (κ1) is 24.3. The van der Waals surface area contributed by atoms with E-state index in [0.29, 0.717) is 34.9 Å². The van der Waals surface area contributed by atoms with Crippen LogP contribution < -0.4 is 25.8 Å². The van der Waals surface area contributed by atoms with Crippen LogP contribution in [0.15, 0.2) is 66.7 Å². The van der Waals surface area contributed by atoms with Crippen LogP contribution in [-0.2, 0) is 11.3 Å². The van der Waals surface area contributed by atoms with E-state index < -0.39 is 5.92 Å². The Kier molecular flexibility index (Phi) is 7.87. The van der Waals surface area contributed by atoms with Gasteiger partial charge in [0.05, 0.1) is 14.2 Å². The van der Waals surface area contributed by atoms with Crippen LogP contribution in [0.4, 0.5) is 5.69 Å². The molecule has 34 heavy (non-hydrogen) atoms. The fourth-order valence-corrected chi connectivity index (χ4v) is 3.54. The zero-order chi connectivity index (χ0) is 24.7. The second-order valence-corrected chi connectivity index (χ2v) is 7.67. The summed E-state index contributed by atoms with van der Waals surface area (Å²) in [6.45, 7) is 2.16. The molecule has 8 nitrogen and oxygen atoms in total. The molecule has 0 heterocycles. The molecule has 0 spiro atoms. The van der Waals surface area contributed by atoms with Gasteiger partial charge in [-0.2, -0.15) is 0 Å². The Balaban J connectivity index is 1.63. The van der Waals surface area contributed by atoms with Gasteiger partial charge in [-0.1, -0.05) is 42.5 Å². The normalized spacial score (nSPS) is 11.3. The molecule has 0 bridgehead atoms. The van der Waals surface area contributed by atoms with Crippen molar-refractivity contribution in [2.75, 3.05) is 19.5 Å². The average molecular weight is 461 g/mol. The first-order valence-electron chi connectivity index (χ1n) is 10.6. The molecule has 1 atom stereocenters. The molecule has 0 saturated carbocycles. The van der Waals surface area contributed by atoms with Gasteiger partial charge in [0.15, 0.2) is 0 Å². The van der Waals surface area contributed by atoms with Gasteiger partial charge in [-0.25, -0.2) is 0 Å². The monoisotopic (exact) mass is 460 g/mol. The Morgan fingerprint density at radius 1 is 0.971 bits per heavy atom. The number of ether oxygens (including phenoxy) is 2. The number of rotatable bonds is 9. The molecule has 0 saturated heterocycles. The molecule has 3 aromatic rings. The van der Waals surface area contributed by atoms with E-state index in [1.165, 1.54) is 0 Å². The summed E-state index contributed by atoms with van der Waals surface area (Å²) in [4.78, 5) is 25.4. The summed E-state index contributed by atoms with van der Waals surface area (Å²) in [6.07, 6.45) is 0. The van der Waals surface area contributed by atoms with Gasteiger partial charge in [-0.3, -0.25) is 15.0 Å². The Morgan fingerprint density at radius 2 is 1.56 bits per heavy atom. The molecule has 0 fully saturated rings. The van der Waals surface area contributed by atoms with E-state index in [2.05, 4.69) is 10.6 Å². The number of amides is 2. The van der Waals surface area contributed by atoms with Gasteiger partial charge in [0.1, 0.15) is 23.3 Å². The molecule has 8 heteroatoms. The standard InChI is InChI=1S/C26H28N4O4/c1-16-21(33-2)13-19(14-22(16)34-3)25(31)29-15-17-9-11-20(12-10-17)30-26(32)23(24(27)28)18-7-5-4-6-8-18/h4-14,23H,15H2,1-3H3,(H3,27,28)(H,29,31)(H,30,32). The van der Waals surface area contributed by atoms with Gasteiger partial charge < -0.3 is 25.8 Å². The number of benzene rings is 3. The topological polar surface area (TPSA) is 127 Å². The van der Waals surface area contributed by atoms with E-state index in [1.807, 2.05) is 13.0 Å². The van der Waals surface area contributed by atoms with Crippen LogP contribution in [-0.4, -0.2) is 31.9 Å². The van der Waals surface area contributed by atoms with Crippen molar-refractivity contribution in [3.8, 4) is 11.5 Å². The molecule has 5 N–H and O–H groups in total. The van der Waals surface area contributed by atoms with E-state index in [0.717, 1.165) is 11.1 Å². The number of methoxy groups -OCH3 is 2. The van der Waals surface area contributed by atoms with Crippen LogP contribution in [0.3, 0.4) is 0 Å². The first-order valence-corrected chi connectivity index (χ1v) is 10.6. The lowest BCUT2D eigenvalue weighted by Crippen LogP contribution is -2.32. The van der Waals surface area contributed by atoms with Crippen molar-refractivity contribution in [1.29, 1.82) is 5.41 Å². The van der Waals surface area contributed by atoms with E-state index in [4.69, 9.17) is 20.6 Å². The van der Waals surface area contributed by atoms with Gasteiger partial charge in [0.25, 0.3) is 5.91 Å². The van der Waals surface area contributed by atoms with Gasteiger partial charge in [-0.05, 0) is 42.3 Å². The van der Waals surface area contributed by atoms with Gasteiger partial charge in [-0.15, -0.1) is 0 Å². The summed E-state index contributed by atoms with van der Waals surface area (Å²) in [5.41, 5.74) is 8.99. The van der Waals surface area contributed by atoms with Crippen LogP contribution in [0.1, 0.15) is 33.0 Å². The van der Waals surface area contributed by atoms with Crippen molar-refractivity contribution < 1.29 is 19.1 Å². The van der Waals surface area contributed by atoms with E-state index in [1.54, 1.807) is 74.9 Å². The molecular weight excluding hydrogens is 432 g/mol. The number of amidine groups is 1. The molecule has 3 rings (SSSR count). The van der Waals surface area contributed by atoms with Crippen molar-refractivity contribution in [2.24, 2.45) is 5.73 Å². The highest BCUT2D eigenvalue weighted by Gasteiger charge is 2.23. The van der Waals surface area contributed by atoms with Gasteiger partial charge in [0, 0.05) is 23.4 Å². The Hall–Kier alpha value is -4.33. The lowest BCUT2D eigenvalue weighted by molar-refractivity contribution is -0.116. The average Bonchev–Trinajstić information content (AvgIpc) is 2.84.